The van der Waals surface area contributed by atoms with Crippen LogP contribution in [-0.2, 0) is 21.7 Å². The molecule has 16 aromatic carbocycles. The van der Waals surface area contributed by atoms with Crippen molar-refractivity contribution in [1.29, 1.82) is 0 Å². The first-order valence-corrected chi connectivity index (χ1v) is 40.2. The third-order valence-corrected chi connectivity index (χ3v) is 25.9. The first kappa shape index (κ1) is 81.0. The van der Waals surface area contributed by atoms with Crippen LogP contribution in [0.1, 0.15) is 66.8 Å². The van der Waals surface area contributed by atoms with Crippen LogP contribution in [0.25, 0.3) is 0 Å². The minimum Gasteiger partial charge on any atom is -0.195 e. The van der Waals surface area contributed by atoms with Gasteiger partial charge in [0.15, 0.2) is 0 Å². The predicted octanol–water partition coefficient (Wildman–Crippen LogP) is 16.0. The molecule has 0 saturated heterocycles. The Kier molecular flexibility index (Phi) is 26.4. The van der Waals surface area contributed by atoms with Crippen LogP contribution >= 0.6 is 0 Å². The van der Waals surface area contributed by atoms with Gasteiger partial charge in [-0.1, -0.05) is 435 Å². The average Bonchev–Trinajstić information content (AvgIpc) is 0.747. The van der Waals surface area contributed by atoms with Crippen molar-refractivity contribution in [2.45, 2.75) is 83.1 Å². The maximum Gasteiger partial charge on any atom is 4.00 e. The van der Waals surface area contributed by atoms with Crippen molar-refractivity contribution >= 4 is 112 Å². The van der Waals surface area contributed by atoms with Crippen LogP contribution in [0.2, 0.25) is 0 Å². The van der Waals surface area contributed by atoms with Crippen LogP contribution < -0.4 is 87.4 Å². The smallest absolute Gasteiger partial charge is 0.195 e. The zero-order valence-corrected chi connectivity index (χ0v) is 69.6. The van der Waals surface area contributed by atoms with E-state index in [1.807, 2.05) is 0 Å². The molecule has 0 fully saturated rings. The molecule has 0 amide bonds. The van der Waals surface area contributed by atoms with Gasteiger partial charge in [0, 0.05) is 0 Å². The van der Waals surface area contributed by atoms with E-state index in [0.717, 1.165) is 0 Å². The summed E-state index contributed by atoms with van der Waals surface area (Å²) in [6.45, 7) is 26.9. The summed E-state index contributed by atoms with van der Waals surface area (Å²) in [5.74, 6) is 0. The molecule has 0 aromatic heterocycles. The van der Waals surface area contributed by atoms with Gasteiger partial charge in [-0.05, 0) is 128 Å². The number of aryl methyl sites for hydroxylation is 4. The molecule has 0 aliphatic carbocycles. The van der Waals surface area contributed by atoms with Crippen molar-refractivity contribution in [3.63, 3.8) is 0 Å². The van der Waals surface area contributed by atoms with E-state index in [0.29, 0.717) is 0 Å². The largest absolute Gasteiger partial charge is 4.00 e. The Morgan fingerprint density at radius 3 is 0.310 bits per heavy atom. The van der Waals surface area contributed by atoms with Crippen LogP contribution in [0.3, 0.4) is 0 Å². The van der Waals surface area contributed by atoms with Gasteiger partial charge in [-0.25, -0.2) is 0 Å². The molecule has 0 unspecified atom stereocenters. The number of hydrogen-bond donors (Lipinski definition) is 0. The van der Waals surface area contributed by atoms with Gasteiger partial charge in [0.25, 0.3) is 0 Å². The Hall–Kier alpha value is -11.5. The predicted molar refractivity (Wildman–Crippen MR) is 497 cm³/mol. The molecule has 113 heavy (non-hydrogen) atoms. The summed E-state index contributed by atoms with van der Waals surface area (Å²) in [7, 11) is 0. The molecule has 0 spiro atoms. The molecule has 0 atom stereocenters. The van der Waals surface area contributed by atoms with E-state index in [1.165, 1.54) is 154 Å². The van der Waals surface area contributed by atoms with Gasteiger partial charge in [0.2, 0.25) is 0 Å². The molecule has 0 radical (unpaired) electrons. The Morgan fingerprint density at radius 2 is 0.212 bits per heavy atom. The van der Waals surface area contributed by atoms with E-state index in [-0.39, 0.29) is 21.7 Å². The van der Waals surface area contributed by atoms with E-state index in [1.54, 1.807) is 0 Å². The zero-order chi connectivity index (χ0) is 78.2. The van der Waals surface area contributed by atoms with Crippen molar-refractivity contribution in [3.8, 4) is 0 Å². The van der Waals surface area contributed by atoms with Crippen LogP contribution in [-0.4, -0.2) is 24.6 Å². The van der Waals surface area contributed by atoms with Gasteiger partial charge >= 0.3 is 21.7 Å². The summed E-state index contributed by atoms with van der Waals surface area (Å²) in [4.78, 5) is 0. The third-order valence-electron chi connectivity index (χ3n) is 25.9. The van der Waals surface area contributed by atoms with Crippen molar-refractivity contribution in [2.75, 3.05) is 0 Å². The zero-order valence-electron chi connectivity index (χ0n) is 68.1. The Balaban J connectivity index is 0.000000139. The van der Waals surface area contributed by atoms with Gasteiger partial charge in [0.1, 0.15) is 24.6 Å². The summed E-state index contributed by atoms with van der Waals surface area (Å²) in [6.07, 6.45) is -5.10. The molecule has 0 heterocycles. The Labute approximate surface area is 690 Å². The van der Waals surface area contributed by atoms with Gasteiger partial charge in [-0.2, -0.15) is 87.4 Å². The first-order valence-electron chi connectivity index (χ1n) is 40.2. The van der Waals surface area contributed by atoms with E-state index in [4.69, 9.17) is 0 Å². The summed E-state index contributed by atoms with van der Waals surface area (Å²) in [5.41, 5.74) is 38.3. The van der Waals surface area contributed by atoms with Gasteiger partial charge in [-0.3, -0.25) is 0 Å². The number of benzene rings is 16. The van der Waals surface area contributed by atoms with E-state index in [2.05, 4.69) is 496 Å². The van der Waals surface area contributed by atoms with Crippen LogP contribution in [0.4, 0.5) is 0 Å². The Bertz CT molecular complexity index is 4610. The second kappa shape index (κ2) is 36.8. The fourth-order valence-corrected chi connectivity index (χ4v) is 19.1. The fourth-order valence-electron chi connectivity index (χ4n) is 19.1. The van der Waals surface area contributed by atoms with Crippen LogP contribution in [0.5, 0.6) is 0 Å². The molecule has 16 aromatic rings. The fraction of sp³-hybridized carbons (Fsp3) is 0.111. The maximum atomic E-state index is 2.35. The molecular formula is C108H104B4Ti. The molecule has 0 bridgehead atoms. The minimum atomic E-state index is -1.27. The number of rotatable bonds is 16. The minimum absolute atomic E-state index is 0. The standard InChI is InChI=1S/4C27H26B.Ti/c4*1-21-19-20-27(23(3)22(21)2)28(24-13-7-4-8-14-24,25-15-9-5-10-16-25)26-17-11-6-12-18-26;/h4*4-20H,1-3H3;/q4*-1;+4. The molecule has 5 heteroatoms. The van der Waals surface area contributed by atoms with Gasteiger partial charge < -0.3 is 0 Å². The monoisotopic (exact) mass is 1490 g/mol. The van der Waals surface area contributed by atoms with Gasteiger partial charge in [0.05, 0.1) is 0 Å². The summed E-state index contributed by atoms with van der Waals surface area (Å²) in [6, 6.07) is 151. The Morgan fingerprint density at radius 1 is 0.115 bits per heavy atom. The molecular weight excluding hydrogens is 1390 g/mol. The first-order chi connectivity index (χ1) is 54.6. The summed E-state index contributed by atoms with van der Waals surface area (Å²) < 4.78 is 0. The molecule has 0 nitrogen and oxygen atoms in total. The van der Waals surface area contributed by atoms with Crippen LogP contribution in [0.15, 0.2) is 413 Å². The van der Waals surface area contributed by atoms with E-state index in [9.17, 15) is 0 Å². The van der Waals surface area contributed by atoms with Gasteiger partial charge in [-0.15, -0.1) is 0 Å². The second-order valence-corrected chi connectivity index (χ2v) is 31.3. The average molecular weight is 1490 g/mol. The molecule has 16 rings (SSSR count). The molecule has 552 valence electrons. The molecule has 0 N–H and O–H groups in total. The van der Waals surface area contributed by atoms with Crippen molar-refractivity contribution in [3.05, 3.63) is 479 Å². The van der Waals surface area contributed by atoms with Crippen molar-refractivity contribution in [1.82, 2.24) is 0 Å². The summed E-state index contributed by atoms with van der Waals surface area (Å²) in [5, 5.41) is 0. The second-order valence-electron chi connectivity index (χ2n) is 31.3. The van der Waals surface area contributed by atoms with Crippen molar-refractivity contribution < 1.29 is 21.7 Å². The molecule has 0 aliphatic heterocycles. The summed E-state index contributed by atoms with van der Waals surface area (Å²) >= 11 is 0. The SMILES string of the molecule is Cc1ccc([B-](c2ccccc2)(c2ccccc2)c2ccccc2)c(C)c1C.Cc1ccc([B-](c2ccccc2)(c2ccccc2)c2ccccc2)c(C)c1C.Cc1ccc([B-](c2ccccc2)(c2ccccc2)c2ccccc2)c(C)c1C.Cc1ccc([B-](c2ccccc2)(c2ccccc2)c2ccccc2)c(C)c1C.[Ti+4]. The van der Waals surface area contributed by atoms with Crippen LogP contribution in [0, 0.1) is 83.1 Å². The molecule has 0 aliphatic rings. The van der Waals surface area contributed by atoms with E-state index >= 15 is 0 Å². The van der Waals surface area contributed by atoms with E-state index < -0.39 is 24.6 Å². The third kappa shape index (κ3) is 15.8. The quantitative estimate of drug-likeness (QED) is 0.0846. The topological polar surface area (TPSA) is 0 Å². The van der Waals surface area contributed by atoms with Crippen molar-refractivity contribution in [2.24, 2.45) is 0 Å². The maximum absolute atomic E-state index is 2.35. The molecule has 0 saturated carbocycles. The normalized spacial score (nSPS) is 11.3. The number of hydrogen-bond acceptors (Lipinski definition) is 0.